The fraction of sp³-hybridized carbons (Fsp3) is 0.838. The molecule has 0 bridgehead atoms. The summed E-state index contributed by atoms with van der Waals surface area (Å²) >= 11 is 0. The number of phosphoric acid groups is 1. The third-order valence-corrected chi connectivity index (χ3v) is 8.81. The molecule has 0 aromatic heterocycles. The number of carbonyl (C=O) groups excluding carboxylic acids is 2. The van der Waals surface area contributed by atoms with Crippen molar-refractivity contribution >= 4 is 19.8 Å². The van der Waals surface area contributed by atoms with Gasteiger partial charge in [-0.2, -0.15) is 0 Å². The number of esters is 2. The average Bonchev–Trinajstić information content (AvgIpc) is 3.07. The molecule has 3 N–H and O–H groups in total. The van der Waals surface area contributed by atoms with Crippen LogP contribution < -0.4 is 0 Å². The van der Waals surface area contributed by atoms with E-state index in [-0.39, 0.29) is 19.4 Å². The predicted molar refractivity (Wildman–Crippen MR) is 191 cm³/mol. The first kappa shape index (κ1) is 46.5. The Bertz CT molecular complexity index is 863. The largest absolute Gasteiger partial charge is 0.472 e. The minimum Gasteiger partial charge on any atom is -0.462 e. The Hall–Kier alpha value is -1.55. The lowest BCUT2D eigenvalue weighted by atomic mass is 10.1. The van der Waals surface area contributed by atoms with Crippen molar-refractivity contribution in [1.82, 2.24) is 0 Å². The molecule has 0 amide bonds. The van der Waals surface area contributed by atoms with Crippen LogP contribution in [-0.4, -0.2) is 65.7 Å². The third kappa shape index (κ3) is 33.0. The summed E-state index contributed by atoms with van der Waals surface area (Å²) in [6.45, 7) is 2.30. The Morgan fingerprint density at radius 3 is 1.67 bits per heavy atom. The van der Waals surface area contributed by atoms with Crippen LogP contribution in [0.15, 0.2) is 24.3 Å². The van der Waals surface area contributed by atoms with Gasteiger partial charge in [0.2, 0.25) is 0 Å². The first-order chi connectivity index (χ1) is 23.2. The van der Waals surface area contributed by atoms with Gasteiger partial charge in [0.15, 0.2) is 6.10 Å². The number of allylic oxidation sites excluding steroid dienone is 4. The van der Waals surface area contributed by atoms with E-state index in [4.69, 9.17) is 19.1 Å². The molecule has 0 spiro atoms. The molecule has 10 nitrogen and oxygen atoms in total. The van der Waals surface area contributed by atoms with Gasteiger partial charge in [0.05, 0.1) is 19.8 Å². The van der Waals surface area contributed by atoms with Crippen molar-refractivity contribution in [2.45, 2.75) is 174 Å². The van der Waals surface area contributed by atoms with Gasteiger partial charge in [-0.3, -0.25) is 18.6 Å². The molecule has 0 heterocycles. The Morgan fingerprint density at radius 1 is 0.625 bits per heavy atom. The number of rotatable bonds is 35. The molecule has 0 fully saturated rings. The van der Waals surface area contributed by atoms with Crippen LogP contribution in [0.3, 0.4) is 0 Å². The van der Waals surface area contributed by atoms with Crippen LogP contribution in [0.25, 0.3) is 0 Å². The van der Waals surface area contributed by atoms with E-state index in [0.29, 0.717) is 12.8 Å². The van der Waals surface area contributed by atoms with Crippen LogP contribution in [0.1, 0.15) is 162 Å². The zero-order valence-electron chi connectivity index (χ0n) is 30.2. The predicted octanol–water partition coefficient (Wildman–Crippen LogP) is 9.05. The molecule has 0 saturated carbocycles. The highest BCUT2D eigenvalue weighted by Crippen LogP contribution is 2.43. The number of aliphatic hydroxyl groups excluding tert-OH is 2. The normalized spacial score (nSPS) is 14.4. The second-order valence-corrected chi connectivity index (χ2v) is 14.1. The number of carbonyl (C=O) groups is 2. The van der Waals surface area contributed by atoms with E-state index in [1.165, 1.54) is 57.8 Å². The summed E-state index contributed by atoms with van der Waals surface area (Å²) in [7, 11) is -4.61. The van der Waals surface area contributed by atoms with Crippen LogP contribution in [0.2, 0.25) is 0 Å². The monoisotopic (exact) mass is 704 g/mol. The Morgan fingerprint density at radius 2 is 1.10 bits per heavy atom. The Labute approximate surface area is 291 Å². The van der Waals surface area contributed by atoms with Crippen LogP contribution in [0.4, 0.5) is 0 Å². The SMILES string of the molecule is CCCC/C=C\C/C=C\CCCCCCCC(=O)OC[C@H](COP(=O)(O)OC[C@@H](O)CO)OC(=O)CCCCCCCCCCCCC. The molecule has 0 rings (SSSR count). The van der Waals surface area contributed by atoms with E-state index in [0.717, 1.165) is 64.2 Å². The van der Waals surface area contributed by atoms with Gasteiger partial charge in [-0.15, -0.1) is 0 Å². The lowest BCUT2D eigenvalue weighted by Crippen LogP contribution is -2.29. The molecule has 0 saturated heterocycles. The first-order valence-electron chi connectivity index (χ1n) is 18.8. The first-order valence-corrected chi connectivity index (χ1v) is 20.3. The van der Waals surface area contributed by atoms with Gasteiger partial charge in [0, 0.05) is 12.8 Å². The van der Waals surface area contributed by atoms with Gasteiger partial charge in [0.25, 0.3) is 0 Å². The van der Waals surface area contributed by atoms with Gasteiger partial charge in [-0.1, -0.05) is 134 Å². The quantitative estimate of drug-likeness (QED) is 0.0252. The van der Waals surface area contributed by atoms with Gasteiger partial charge in [-0.05, 0) is 38.5 Å². The molecule has 11 heteroatoms. The summed E-state index contributed by atoms with van der Waals surface area (Å²) < 4.78 is 32.5. The summed E-state index contributed by atoms with van der Waals surface area (Å²) in [6, 6.07) is 0. The highest BCUT2D eigenvalue weighted by atomic mass is 31.2. The molecule has 1 unspecified atom stereocenters. The van der Waals surface area contributed by atoms with Gasteiger partial charge in [-0.25, -0.2) is 4.57 Å². The van der Waals surface area contributed by atoms with E-state index >= 15 is 0 Å². The fourth-order valence-corrected chi connectivity index (χ4v) is 5.68. The van der Waals surface area contributed by atoms with Gasteiger partial charge in [0.1, 0.15) is 12.7 Å². The Kier molecular flexibility index (Phi) is 32.8. The number of aliphatic hydroxyl groups is 2. The number of hydrogen-bond acceptors (Lipinski definition) is 9. The van der Waals surface area contributed by atoms with E-state index in [1.807, 2.05) is 0 Å². The van der Waals surface area contributed by atoms with E-state index < -0.39 is 51.8 Å². The highest BCUT2D eigenvalue weighted by Gasteiger charge is 2.27. The lowest BCUT2D eigenvalue weighted by molar-refractivity contribution is -0.161. The number of ether oxygens (including phenoxy) is 2. The molecular weight excluding hydrogens is 635 g/mol. The van der Waals surface area contributed by atoms with Crippen molar-refractivity contribution in [1.29, 1.82) is 0 Å². The van der Waals surface area contributed by atoms with Crippen LogP contribution in [0.5, 0.6) is 0 Å². The fourth-order valence-electron chi connectivity index (χ4n) is 4.89. The summed E-state index contributed by atoms with van der Waals surface area (Å²) in [4.78, 5) is 34.8. The molecule has 282 valence electrons. The summed E-state index contributed by atoms with van der Waals surface area (Å²) in [5.41, 5.74) is 0. The second-order valence-electron chi connectivity index (χ2n) is 12.6. The minimum absolute atomic E-state index is 0.184. The highest BCUT2D eigenvalue weighted by molar-refractivity contribution is 7.47. The van der Waals surface area contributed by atoms with E-state index in [9.17, 15) is 24.2 Å². The molecular formula is C37H69O10P. The van der Waals surface area contributed by atoms with E-state index in [2.05, 4.69) is 42.7 Å². The smallest absolute Gasteiger partial charge is 0.462 e. The summed E-state index contributed by atoms with van der Waals surface area (Å²) in [6.07, 6.45) is 30.0. The third-order valence-electron chi connectivity index (χ3n) is 7.86. The Balaban J connectivity index is 4.39. The average molecular weight is 705 g/mol. The van der Waals surface area contributed by atoms with Gasteiger partial charge >= 0.3 is 19.8 Å². The zero-order valence-corrected chi connectivity index (χ0v) is 31.1. The molecule has 0 aliphatic heterocycles. The van der Waals surface area contributed by atoms with Crippen molar-refractivity contribution in [2.24, 2.45) is 0 Å². The van der Waals surface area contributed by atoms with Crippen LogP contribution in [-0.2, 0) is 32.7 Å². The van der Waals surface area contributed by atoms with E-state index in [1.54, 1.807) is 0 Å². The standard InChI is InChI=1S/C37H69O10P/c1-3-5-7-9-11-13-15-16-17-19-20-22-24-26-28-36(40)44-32-35(33-46-48(42,43)45-31-34(39)30-38)47-37(41)29-27-25-23-21-18-14-12-10-8-6-4-2/h9,11,15-16,34-35,38-39H,3-8,10,12-14,17-33H2,1-2H3,(H,42,43)/b11-9-,16-15-/t34-,35+/m0/s1. The topological polar surface area (TPSA) is 149 Å². The molecule has 0 aromatic carbocycles. The molecule has 0 aromatic rings. The van der Waals surface area contributed by atoms with Crippen molar-refractivity contribution in [3.05, 3.63) is 24.3 Å². The van der Waals surface area contributed by atoms with Crippen LogP contribution >= 0.6 is 7.82 Å². The minimum atomic E-state index is -4.61. The number of unbranched alkanes of at least 4 members (excludes halogenated alkanes) is 17. The van der Waals surface area contributed by atoms with Crippen molar-refractivity contribution in [3.63, 3.8) is 0 Å². The van der Waals surface area contributed by atoms with Gasteiger partial charge < -0.3 is 24.6 Å². The summed E-state index contributed by atoms with van der Waals surface area (Å²) in [5, 5.41) is 18.2. The maximum Gasteiger partial charge on any atom is 0.472 e. The van der Waals surface area contributed by atoms with Crippen molar-refractivity contribution in [3.8, 4) is 0 Å². The zero-order chi connectivity index (χ0) is 35.6. The molecule has 48 heavy (non-hydrogen) atoms. The lowest BCUT2D eigenvalue weighted by Gasteiger charge is -2.20. The number of hydrogen-bond donors (Lipinski definition) is 3. The molecule has 0 radical (unpaired) electrons. The molecule has 3 atom stereocenters. The number of phosphoric ester groups is 1. The van der Waals surface area contributed by atoms with Crippen molar-refractivity contribution in [2.75, 3.05) is 26.4 Å². The molecule has 0 aliphatic rings. The second kappa shape index (κ2) is 33.9. The van der Waals surface area contributed by atoms with Crippen LogP contribution in [0, 0.1) is 0 Å². The summed E-state index contributed by atoms with van der Waals surface area (Å²) in [5.74, 6) is -0.941. The van der Waals surface area contributed by atoms with Crippen molar-refractivity contribution < 1.29 is 47.8 Å². The molecule has 0 aliphatic carbocycles. The maximum atomic E-state index is 12.5. The maximum absolute atomic E-state index is 12.5.